The van der Waals surface area contributed by atoms with Crippen LogP contribution in [-0.4, -0.2) is 36.1 Å². The Hall–Kier alpha value is -2.88. The minimum atomic E-state index is -4.91. The van der Waals surface area contributed by atoms with Gasteiger partial charge in [0.25, 0.3) is 0 Å². The minimum Gasteiger partial charge on any atom is -0.493 e. The SMILES string of the molecule is COc1c(C2C(C)C(C)(C(F)(F)F)O[C@H]2C(=O)O)cc(OCc2ccccc2)c(F)c1F. The van der Waals surface area contributed by atoms with E-state index in [0.29, 0.717) is 5.56 Å². The Morgan fingerprint density at radius 2 is 1.81 bits per heavy atom. The first kappa shape index (κ1) is 23.8. The van der Waals surface area contributed by atoms with Gasteiger partial charge in [0.15, 0.2) is 23.2 Å². The number of carboxylic acid groups (broad SMARTS) is 1. The maximum Gasteiger partial charge on any atom is 0.417 e. The van der Waals surface area contributed by atoms with Crippen molar-refractivity contribution in [2.75, 3.05) is 7.11 Å². The molecule has 0 bridgehead atoms. The van der Waals surface area contributed by atoms with Crippen molar-refractivity contribution in [1.82, 2.24) is 0 Å². The van der Waals surface area contributed by atoms with Crippen LogP contribution < -0.4 is 9.47 Å². The summed E-state index contributed by atoms with van der Waals surface area (Å²) in [5, 5.41) is 9.54. The van der Waals surface area contributed by atoms with E-state index >= 15 is 0 Å². The summed E-state index contributed by atoms with van der Waals surface area (Å²) in [6.07, 6.45) is -6.88. The number of carbonyl (C=O) groups is 1. The van der Waals surface area contributed by atoms with E-state index in [1.54, 1.807) is 30.3 Å². The van der Waals surface area contributed by atoms with Gasteiger partial charge in [0.2, 0.25) is 11.6 Å². The average Bonchev–Trinajstić information content (AvgIpc) is 3.02. The largest absolute Gasteiger partial charge is 0.493 e. The van der Waals surface area contributed by atoms with Crippen molar-refractivity contribution in [3.05, 3.63) is 59.2 Å². The lowest BCUT2D eigenvalue weighted by molar-refractivity contribution is -0.273. The van der Waals surface area contributed by atoms with Crippen LogP contribution in [0.25, 0.3) is 0 Å². The summed E-state index contributed by atoms with van der Waals surface area (Å²) in [4.78, 5) is 11.8. The topological polar surface area (TPSA) is 65.0 Å². The van der Waals surface area contributed by atoms with Crippen molar-refractivity contribution in [2.24, 2.45) is 5.92 Å². The first-order valence-corrected chi connectivity index (χ1v) is 9.62. The predicted octanol–water partition coefficient (Wildman–Crippen LogP) is 5.08. The van der Waals surface area contributed by atoms with Crippen LogP contribution >= 0.6 is 0 Å². The highest BCUT2D eigenvalue weighted by Gasteiger charge is 2.66. The molecule has 174 valence electrons. The van der Waals surface area contributed by atoms with Crippen LogP contribution in [0.4, 0.5) is 22.0 Å². The molecule has 0 saturated carbocycles. The number of halogens is 5. The zero-order chi connectivity index (χ0) is 23.8. The van der Waals surface area contributed by atoms with Crippen LogP contribution in [-0.2, 0) is 16.1 Å². The van der Waals surface area contributed by atoms with Crippen LogP contribution in [0.3, 0.4) is 0 Å². The molecular weight excluding hydrogens is 439 g/mol. The third kappa shape index (κ3) is 3.99. The first-order valence-electron chi connectivity index (χ1n) is 9.62. The van der Waals surface area contributed by atoms with Crippen LogP contribution in [0.5, 0.6) is 11.5 Å². The molecule has 5 nitrogen and oxygen atoms in total. The van der Waals surface area contributed by atoms with Gasteiger partial charge in [-0.25, -0.2) is 4.79 Å². The van der Waals surface area contributed by atoms with Gasteiger partial charge in [0.1, 0.15) is 6.61 Å². The number of carboxylic acids is 1. The van der Waals surface area contributed by atoms with Crippen molar-refractivity contribution in [1.29, 1.82) is 0 Å². The van der Waals surface area contributed by atoms with Crippen LogP contribution in [0.1, 0.15) is 30.9 Å². The highest BCUT2D eigenvalue weighted by atomic mass is 19.4. The molecule has 2 aromatic rings. The van der Waals surface area contributed by atoms with E-state index in [1.165, 1.54) is 0 Å². The molecule has 3 unspecified atom stereocenters. The molecule has 1 fully saturated rings. The normalized spacial score (nSPS) is 25.6. The van der Waals surface area contributed by atoms with Gasteiger partial charge >= 0.3 is 12.1 Å². The molecule has 1 aliphatic heterocycles. The molecular formula is C22H21F5O5. The Bertz CT molecular complexity index is 994. The lowest BCUT2D eigenvalue weighted by atomic mass is 9.77. The van der Waals surface area contributed by atoms with Gasteiger partial charge in [-0.15, -0.1) is 0 Å². The number of alkyl halides is 3. The summed E-state index contributed by atoms with van der Waals surface area (Å²) in [6.45, 7) is 1.72. The second-order valence-electron chi connectivity index (χ2n) is 7.70. The highest BCUT2D eigenvalue weighted by molar-refractivity contribution is 5.75. The third-order valence-electron chi connectivity index (χ3n) is 5.87. The van der Waals surface area contributed by atoms with Crippen molar-refractivity contribution < 1.29 is 46.1 Å². The number of methoxy groups -OCH3 is 1. The number of hydrogen-bond donors (Lipinski definition) is 1. The lowest BCUT2D eigenvalue weighted by Gasteiger charge is -2.32. The van der Waals surface area contributed by atoms with Gasteiger partial charge in [-0.2, -0.15) is 22.0 Å². The fraction of sp³-hybridized carbons (Fsp3) is 0.409. The van der Waals surface area contributed by atoms with E-state index in [1.807, 2.05) is 0 Å². The van der Waals surface area contributed by atoms with Crippen molar-refractivity contribution in [2.45, 2.75) is 44.3 Å². The molecule has 0 aliphatic carbocycles. The summed E-state index contributed by atoms with van der Waals surface area (Å²) in [6, 6.07) is 9.51. The lowest BCUT2D eigenvalue weighted by Crippen LogP contribution is -2.47. The summed E-state index contributed by atoms with van der Waals surface area (Å²) in [7, 11) is 1.01. The Labute approximate surface area is 180 Å². The molecule has 1 aliphatic rings. The number of hydrogen-bond acceptors (Lipinski definition) is 4. The second kappa shape index (κ2) is 8.57. The van der Waals surface area contributed by atoms with Gasteiger partial charge < -0.3 is 19.3 Å². The minimum absolute atomic E-state index is 0.150. The molecule has 0 amide bonds. The van der Waals surface area contributed by atoms with Gasteiger partial charge in [-0.1, -0.05) is 37.3 Å². The van der Waals surface area contributed by atoms with E-state index in [4.69, 9.17) is 14.2 Å². The first-order chi connectivity index (χ1) is 14.9. The smallest absolute Gasteiger partial charge is 0.417 e. The highest BCUT2D eigenvalue weighted by Crippen LogP contribution is 2.55. The fourth-order valence-corrected chi connectivity index (χ4v) is 3.91. The van der Waals surface area contributed by atoms with E-state index in [0.717, 1.165) is 27.0 Å². The summed E-state index contributed by atoms with van der Waals surface area (Å²) < 4.78 is 85.8. The van der Waals surface area contributed by atoms with Crippen LogP contribution in [0, 0.1) is 17.6 Å². The maximum absolute atomic E-state index is 14.8. The van der Waals surface area contributed by atoms with Gasteiger partial charge in [0, 0.05) is 17.4 Å². The molecule has 1 heterocycles. The Morgan fingerprint density at radius 3 is 2.34 bits per heavy atom. The molecule has 0 spiro atoms. The van der Waals surface area contributed by atoms with Crippen molar-refractivity contribution >= 4 is 5.97 Å². The van der Waals surface area contributed by atoms with Crippen molar-refractivity contribution in [3.8, 4) is 11.5 Å². The quantitative estimate of drug-likeness (QED) is 0.610. The molecule has 4 atom stereocenters. The molecule has 3 rings (SSSR count). The number of ether oxygens (including phenoxy) is 3. The monoisotopic (exact) mass is 460 g/mol. The van der Waals surface area contributed by atoms with Gasteiger partial charge in [-0.05, 0) is 18.6 Å². The van der Waals surface area contributed by atoms with E-state index < -0.39 is 58.8 Å². The fourth-order valence-electron chi connectivity index (χ4n) is 3.91. The molecule has 0 aromatic heterocycles. The summed E-state index contributed by atoms with van der Waals surface area (Å²) in [5.41, 5.74) is -2.49. The zero-order valence-electron chi connectivity index (χ0n) is 17.4. The molecule has 32 heavy (non-hydrogen) atoms. The molecule has 0 radical (unpaired) electrons. The Kier molecular flexibility index (Phi) is 6.37. The van der Waals surface area contributed by atoms with E-state index in [2.05, 4.69) is 0 Å². The van der Waals surface area contributed by atoms with Crippen LogP contribution in [0.15, 0.2) is 36.4 Å². The summed E-state index contributed by atoms with van der Waals surface area (Å²) in [5.74, 6) is -8.82. The molecule has 10 heteroatoms. The molecule has 1 saturated heterocycles. The van der Waals surface area contributed by atoms with Gasteiger partial charge in [-0.3, -0.25) is 0 Å². The third-order valence-corrected chi connectivity index (χ3v) is 5.87. The summed E-state index contributed by atoms with van der Waals surface area (Å²) >= 11 is 0. The van der Waals surface area contributed by atoms with Crippen LogP contribution in [0.2, 0.25) is 0 Å². The number of aliphatic carboxylic acids is 1. The predicted molar refractivity (Wildman–Crippen MR) is 103 cm³/mol. The number of benzene rings is 2. The second-order valence-corrected chi connectivity index (χ2v) is 7.70. The Balaban J connectivity index is 2.10. The molecule has 2 aromatic carbocycles. The molecule has 1 N–H and O–H groups in total. The maximum atomic E-state index is 14.8. The van der Waals surface area contributed by atoms with E-state index in [9.17, 15) is 31.9 Å². The standard InChI is InChI=1S/C22H21F5O5/c1-11-15(19(20(28)29)32-21(11,2)22(25,26)27)13-9-14(16(23)17(24)18(13)30-3)31-10-12-7-5-4-6-8-12/h4-9,11,15,19H,10H2,1-3H3,(H,28,29)/t11?,15?,19-,21?/m1/s1. The van der Waals surface area contributed by atoms with Gasteiger partial charge in [0.05, 0.1) is 7.11 Å². The zero-order valence-corrected chi connectivity index (χ0v) is 17.4. The van der Waals surface area contributed by atoms with Crippen molar-refractivity contribution in [3.63, 3.8) is 0 Å². The number of rotatable bonds is 6. The average molecular weight is 460 g/mol. The Morgan fingerprint density at radius 1 is 1.19 bits per heavy atom. The van der Waals surface area contributed by atoms with E-state index in [-0.39, 0.29) is 12.2 Å².